The molecule has 1 saturated heterocycles. The minimum absolute atomic E-state index is 0.155. The van der Waals surface area contributed by atoms with Gasteiger partial charge < -0.3 is 19.1 Å². The van der Waals surface area contributed by atoms with Gasteiger partial charge in [-0.2, -0.15) is 0 Å². The molecular weight excluding hydrogens is 501 g/mol. The molecule has 0 radical (unpaired) electrons. The number of hydrogen-bond donors (Lipinski definition) is 0. The second-order valence-electron chi connectivity index (χ2n) is 11.5. The van der Waals surface area contributed by atoms with Crippen LogP contribution in [0.2, 0.25) is 0 Å². The highest BCUT2D eigenvalue weighted by molar-refractivity contribution is 5.86. The van der Waals surface area contributed by atoms with Crippen molar-refractivity contribution >= 4 is 11.3 Å². The van der Waals surface area contributed by atoms with E-state index in [2.05, 4.69) is 55.1 Å². The lowest BCUT2D eigenvalue weighted by atomic mass is 9.79. The van der Waals surface area contributed by atoms with Crippen LogP contribution < -0.4 is 9.64 Å². The summed E-state index contributed by atoms with van der Waals surface area (Å²) >= 11 is 0. The first-order valence-corrected chi connectivity index (χ1v) is 14.6. The van der Waals surface area contributed by atoms with Gasteiger partial charge in [0, 0.05) is 33.2 Å². The summed E-state index contributed by atoms with van der Waals surface area (Å²) in [6.07, 6.45) is 4.61. The maximum Gasteiger partial charge on any atom is 0.159 e. The molecule has 5 heteroatoms. The lowest BCUT2D eigenvalue weighted by molar-refractivity contribution is -0.141. The zero-order valence-corrected chi connectivity index (χ0v) is 24.3. The molecule has 1 aliphatic heterocycles. The smallest absolute Gasteiger partial charge is 0.159 e. The molecule has 212 valence electrons. The number of anilines is 1. The fraction of sp³-hybridized carbons (Fsp3) is 0.429. The molecule has 0 atom stereocenters. The van der Waals surface area contributed by atoms with Crippen molar-refractivity contribution in [2.24, 2.45) is 11.8 Å². The normalized spacial score (nSPS) is 16.1. The molecule has 3 aromatic rings. The molecule has 0 saturated carbocycles. The van der Waals surface area contributed by atoms with Crippen molar-refractivity contribution in [2.45, 2.75) is 58.8 Å². The SMILES string of the molecule is COC(OC)C1CCN(c2ccc(C3=C(CC(C)C)CCc4cc(OCc5ccccc5)ccc43)cc2F)CC1. The number of fused-ring (bicyclic) bond motifs is 1. The van der Waals surface area contributed by atoms with Crippen LogP contribution in [-0.4, -0.2) is 33.6 Å². The van der Waals surface area contributed by atoms with Gasteiger partial charge in [0.2, 0.25) is 0 Å². The van der Waals surface area contributed by atoms with E-state index >= 15 is 4.39 Å². The molecule has 4 nitrogen and oxygen atoms in total. The van der Waals surface area contributed by atoms with E-state index in [1.807, 2.05) is 24.3 Å². The van der Waals surface area contributed by atoms with Gasteiger partial charge in [0.1, 0.15) is 18.2 Å². The van der Waals surface area contributed by atoms with E-state index in [0.29, 0.717) is 24.1 Å². The molecule has 1 heterocycles. The highest BCUT2D eigenvalue weighted by Crippen LogP contribution is 2.41. The number of allylic oxidation sites excluding steroid dienone is 1. The van der Waals surface area contributed by atoms with Gasteiger partial charge in [-0.25, -0.2) is 4.39 Å². The van der Waals surface area contributed by atoms with Gasteiger partial charge in [-0.1, -0.05) is 61.9 Å². The number of aryl methyl sites for hydroxylation is 1. The lowest BCUT2D eigenvalue weighted by Crippen LogP contribution is -2.39. The summed E-state index contributed by atoms with van der Waals surface area (Å²) in [5, 5.41) is 0. The summed E-state index contributed by atoms with van der Waals surface area (Å²) in [5.41, 5.74) is 7.87. The van der Waals surface area contributed by atoms with Crippen LogP contribution in [0, 0.1) is 17.7 Å². The van der Waals surface area contributed by atoms with Crippen molar-refractivity contribution in [3.05, 3.63) is 100 Å². The van der Waals surface area contributed by atoms with E-state index in [0.717, 1.165) is 62.1 Å². The average Bonchev–Trinajstić information content (AvgIpc) is 2.97. The second-order valence-corrected chi connectivity index (χ2v) is 11.5. The molecule has 1 fully saturated rings. The Labute approximate surface area is 238 Å². The molecule has 3 aromatic carbocycles. The summed E-state index contributed by atoms with van der Waals surface area (Å²) < 4.78 is 32.8. The van der Waals surface area contributed by atoms with Crippen molar-refractivity contribution in [2.75, 3.05) is 32.2 Å². The molecule has 0 amide bonds. The first kappa shape index (κ1) is 28.4. The monoisotopic (exact) mass is 543 g/mol. The van der Waals surface area contributed by atoms with E-state index < -0.39 is 0 Å². The summed E-state index contributed by atoms with van der Waals surface area (Å²) in [6, 6.07) is 22.5. The maximum atomic E-state index is 15.7. The van der Waals surface area contributed by atoms with Crippen LogP contribution in [-0.2, 0) is 22.5 Å². The van der Waals surface area contributed by atoms with Crippen LogP contribution in [0.15, 0.2) is 72.3 Å². The highest BCUT2D eigenvalue weighted by Gasteiger charge is 2.28. The first-order valence-electron chi connectivity index (χ1n) is 14.6. The Balaban J connectivity index is 1.38. The fourth-order valence-corrected chi connectivity index (χ4v) is 6.32. The fourth-order valence-electron chi connectivity index (χ4n) is 6.32. The van der Waals surface area contributed by atoms with Crippen LogP contribution in [0.3, 0.4) is 0 Å². The van der Waals surface area contributed by atoms with Gasteiger partial charge in [-0.3, -0.25) is 0 Å². The van der Waals surface area contributed by atoms with E-state index in [-0.39, 0.29) is 12.1 Å². The van der Waals surface area contributed by atoms with Gasteiger partial charge in [0.15, 0.2) is 6.29 Å². The quantitative estimate of drug-likeness (QED) is 0.242. The maximum absolute atomic E-state index is 15.7. The highest BCUT2D eigenvalue weighted by atomic mass is 19.1. The van der Waals surface area contributed by atoms with Crippen molar-refractivity contribution in [1.82, 2.24) is 0 Å². The number of ether oxygens (including phenoxy) is 3. The second kappa shape index (κ2) is 13.0. The molecule has 0 unspecified atom stereocenters. The van der Waals surface area contributed by atoms with Crippen LogP contribution in [0.5, 0.6) is 5.75 Å². The Morgan fingerprint density at radius 2 is 1.65 bits per heavy atom. The van der Waals surface area contributed by atoms with E-state index in [1.165, 1.54) is 22.3 Å². The minimum Gasteiger partial charge on any atom is -0.489 e. The molecule has 2 aliphatic rings. The third kappa shape index (κ3) is 6.42. The van der Waals surface area contributed by atoms with Gasteiger partial charge in [-0.05, 0) is 90.1 Å². The Hall–Kier alpha value is -3.15. The summed E-state index contributed by atoms with van der Waals surface area (Å²) in [5.74, 6) is 1.59. The number of rotatable bonds is 10. The standard InChI is InChI=1S/C35H42FNO3/c1-24(2)20-28-11-10-27-21-30(40-23-25-8-6-5-7-9-25)13-14-31(27)34(28)29-12-15-33(32(36)22-29)37-18-16-26(17-19-37)35(38-3)39-4/h5-9,12-15,21-22,24,26,35H,10-11,16-20,23H2,1-4H3. The third-order valence-electron chi connectivity index (χ3n) is 8.26. The van der Waals surface area contributed by atoms with Crippen LogP contribution >= 0.6 is 0 Å². The topological polar surface area (TPSA) is 30.9 Å². The molecule has 0 aromatic heterocycles. The third-order valence-corrected chi connectivity index (χ3v) is 8.26. The van der Waals surface area contributed by atoms with Gasteiger partial charge in [-0.15, -0.1) is 0 Å². The van der Waals surface area contributed by atoms with E-state index in [9.17, 15) is 0 Å². The van der Waals surface area contributed by atoms with Crippen LogP contribution in [0.1, 0.15) is 61.8 Å². The van der Waals surface area contributed by atoms with Gasteiger partial charge in [0.05, 0.1) is 5.69 Å². The van der Waals surface area contributed by atoms with Crippen LogP contribution in [0.25, 0.3) is 5.57 Å². The van der Waals surface area contributed by atoms with Crippen molar-refractivity contribution in [3.8, 4) is 5.75 Å². The molecule has 40 heavy (non-hydrogen) atoms. The predicted molar refractivity (Wildman–Crippen MR) is 160 cm³/mol. The Kier molecular flexibility index (Phi) is 9.23. The number of methoxy groups -OCH3 is 2. The number of halogens is 1. The van der Waals surface area contributed by atoms with E-state index in [1.54, 1.807) is 20.3 Å². The molecule has 0 bridgehead atoms. The van der Waals surface area contributed by atoms with Crippen molar-refractivity contribution in [3.63, 3.8) is 0 Å². The average molecular weight is 544 g/mol. The molecule has 0 spiro atoms. The number of hydrogen-bond acceptors (Lipinski definition) is 4. The molecule has 0 N–H and O–H groups in total. The predicted octanol–water partition coefficient (Wildman–Crippen LogP) is 8.03. The lowest BCUT2D eigenvalue weighted by Gasteiger charge is -2.36. The van der Waals surface area contributed by atoms with Crippen molar-refractivity contribution in [1.29, 1.82) is 0 Å². The van der Waals surface area contributed by atoms with Gasteiger partial charge in [0.25, 0.3) is 0 Å². The largest absolute Gasteiger partial charge is 0.489 e. The van der Waals surface area contributed by atoms with Crippen molar-refractivity contribution < 1.29 is 18.6 Å². The molecule has 5 rings (SSSR count). The number of nitrogens with zero attached hydrogens (tertiary/aromatic N) is 1. The number of piperidine rings is 1. The summed E-state index contributed by atoms with van der Waals surface area (Å²) in [7, 11) is 3.37. The molecule has 1 aliphatic carbocycles. The first-order chi connectivity index (χ1) is 19.5. The minimum atomic E-state index is -0.198. The van der Waals surface area contributed by atoms with Gasteiger partial charge >= 0.3 is 0 Å². The Morgan fingerprint density at radius 1 is 0.900 bits per heavy atom. The van der Waals surface area contributed by atoms with Crippen LogP contribution in [0.4, 0.5) is 10.1 Å². The Bertz CT molecular complexity index is 1310. The van der Waals surface area contributed by atoms with E-state index in [4.69, 9.17) is 14.2 Å². The zero-order chi connectivity index (χ0) is 28.1. The molecular formula is C35H42FNO3. The number of benzene rings is 3. The Morgan fingerprint density at radius 3 is 2.33 bits per heavy atom. The summed E-state index contributed by atoms with van der Waals surface area (Å²) in [4.78, 5) is 2.16. The summed E-state index contributed by atoms with van der Waals surface area (Å²) in [6.45, 7) is 6.64. The zero-order valence-electron chi connectivity index (χ0n) is 24.3.